The average molecular weight is 381 g/mol. The number of hydrogen-bond acceptors (Lipinski definition) is 5. The molecule has 3 aromatic rings. The van der Waals surface area contributed by atoms with Crippen molar-refractivity contribution < 1.29 is 19.4 Å². The Hall–Kier alpha value is -3.12. The van der Waals surface area contributed by atoms with Gasteiger partial charge < -0.3 is 19.9 Å². The minimum absolute atomic E-state index is 0.00946. The van der Waals surface area contributed by atoms with Crippen LogP contribution in [0.2, 0.25) is 0 Å². The van der Waals surface area contributed by atoms with Crippen molar-refractivity contribution in [1.82, 2.24) is 5.32 Å². The highest BCUT2D eigenvalue weighted by atomic mass is 16.4. The highest BCUT2D eigenvalue weighted by Crippen LogP contribution is 2.29. The van der Waals surface area contributed by atoms with E-state index in [1.165, 1.54) is 0 Å². The zero-order valence-electron chi connectivity index (χ0n) is 15.9. The number of phenolic OH excluding ortho intramolecular Hbond substituents is 1. The molecule has 2 aromatic carbocycles. The lowest BCUT2D eigenvalue weighted by Gasteiger charge is -2.17. The molecule has 0 spiro atoms. The molecule has 1 aromatic heterocycles. The van der Waals surface area contributed by atoms with Crippen LogP contribution in [0.4, 0.5) is 0 Å². The Morgan fingerprint density at radius 1 is 1.18 bits per heavy atom. The van der Waals surface area contributed by atoms with E-state index in [-0.39, 0.29) is 24.3 Å². The van der Waals surface area contributed by atoms with Crippen molar-refractivity contribution >= 4 is 16.9 Å². The molecule has 1 unspecified atom stereocenters. The summed E-state index contributed by atoms with van der Waals surface area (Å²) in [5, 5.41) is 23.0. The van der Waals surface area contributed by atoms with Crippen LogP contribution in [0.15, 0.2) is 51.7 Å². The second-order valence-electron chi connectivity index (χ2n) is 6.96. The van der Waals surface area contributed by atoms with E-state index >= 15 is 0 Å². The third-order valence-electron chi connectivity index (χ3n) is 4.75. The Bertz CT molecular complexity index is 1060. The third-order valence-corrected chi connectivity index (χ3v) is 4.75. The summed E-state index contributed by atoms with van der Waals surface area (Å²) >= 11 is 0. The lowest BCUT2D eigenvalue weighted by Crippen LogP contribution is -2.40. The van der Waals surface area contributed by atoms with E-state index in [1.54, 1.807) is 26.0 Å². The van der Waals surface area contributed by atoms with Crippen LogP contribution in [-0.4, -0.2) is 28.8 Å². The molecule has 1 atom stereocenters. The molecule has 6 nitrogen and oxygen atoms in total. The van der Waals surface area contributed by atoms with Crippen LogP contribution in [0.1, 0.15) is 22.3 Å². The van der Waals surface area contributed by atoms with Gasteiger partial charge in [0.15, 0.2) is 0 Å². The molecular weight excluding hydrogens is 358 g/mol. The van der Waals surface area contributed by atoms with Crippen molar-refractivity contribution in [3.05, 3.63) is 75.1 Å². The molecule has 1 heterocycles. The van der Waals surface area contributed by atoms with Crippen molar-refractivity contribution in [2.75, 3.05) is 6.61 Å². The van der Waals surface area contributed by atoms with E-state index in [2.05, 4.69) is 5.32 Å². The summed E-state index contributed by atoms with van der Waals surface area (Å²) < 4.78 is 5.32. The smallest absolute Gasteiger partial charge is 0.340 e. The molecule has 0 fully saturated rings. The largest absolute Gasteiger partial charge is 0.507 e. The minimum atomic E-state index is -0.603. The second-order valence-corrected chi connectivity index (χ2v) is 6.96. The van der Waals surface area contributed by atoms with Gasteiger partial charge in [-0.05, 0) is 49.1 Å². The molecule has 6 heteroatoms. The number of aromatic hydroxyl groups is 1. The van der Waals surface area contributed by atoms with Crippen LogP contribution in [0, 0.1) is 13.8 Å². The van der Waals surface area contributed by atoms with Gasteiger partial charge in [-0.25, -0.2) is 4.79 Å². The molecule has 0 bridgehead atoms. The molecule has 0 saturated carbocycles. The van der Waals surface area contributed by atoms with Crippen molar-refractivity contribution in [1.29, 1.82) is 0 Å². The van der Waals surface area contributed by atoms with Crippen LogP contribution in [0.5, 0.6) is 5.75 Å². The number of rotatable bonds is 6. The van der Waals surface area contributed by atoms with Crippen LogP contribution < -0.4 is 10.9 Å². The van der Waals surface area contributed by atoms with E-state index in [4.69, 9.17) is 4.42 Å². The third kappa shape index (κ3) is 4.23. The number of nitrogens with one attached hydrogen (secondary N) is 1. The highest BCUT2D eigenvalue weighted by Gasteiger charge is 2.19. The molecule has 3 N–H and O–H groups in total. The summed E-state index contributed by atoms with van der Waals surface area (Å²) in [7, 11) is 0. The lowest BCUT2D eigenvalue weighted by molar-refractivity contribution is -0.121. The van der Waals surface area contributed by atoms with Crippen molar-refractivity contribution in [3.63, 3.8) is 0 Å². The van der Waals surface area contributed by atoms with Gasteiger partial charge in [-0.2, -0.15) is 0 Å². The van der Waals surface area contributed by atoms with Gasteiger partial charge in [-0.3, -0.25) is 4.79 Å². The zero-order valence-corrected chi connectivity index (χ0v) is 15.9. The number of carbonyl (C=O) groups excluding carboxylic acids is 1. The van der Waals surface area contributed by atoms with Gasteiger partial charge in [0, 0.05) is 0 Å². The fourth-order valence-corrected chi connectivity index (χ4v) is 3.36. The predicted octanol–water partition coefficient (Wildman–Crippen LogP) is 2.38. The number of carbonyl (C=O) groups is 1. The maximum absolute atomic E-state index is 12.5. The van der Waals surface area contributed by atoms with Crippen LogP contribution >= 0.6 is 0 Å². The standard InChI is InChI=1S/C22H23NO5/c1-13-8-18(25)21-14(2)17(22(27)28-19(21)9-13)11-20(26)23-16(12-24)10-15-6-4-3-5-7-15/h3-9,16,24-25H,10-12H2,1-2H3,(H,23,26). The Labute approximate surface area is 162 Å². The van der Waals surface area contributed by atoms with Gasteiger partial charge in [0.25, 0.3) is 0 Å². The maximum Gasteiger partial charge on any atom is 0.340 e. The number of aryl methyl sites for hydroxylation is 2. The quantitative estimate of drug-likeness (QED) is 0.569. The Morgan fingerprint density at radius 3 is 2.57 bits per heavy atom. The number of phenols is 1. The van der Waals surface area contributed by atoms with E-state index in [1.807, 2.05) is 30.3 Å². The highest BCUT2D eigenvalue weighted by molar-refractivity contribution is 5.89. The summed E-state index contributed by atoms with van der Waals surface area (Å²) in [6.07, 6.45) is 0.289. The van der Waals surface area contributed by atoms with E-state index in [0.717, 1.165) is 11.1 Å². The number of aliphatic hydroxyl groups excluding tert-OH is 1. The Kier molecular flexibility index (Phi) is 5.80. The molecule has 28 heavy (non-hydrogen) atoms. The van der Waals surface area contributed by atoms with Gasteiger partial charge in [0.05, 0.1) is 30.0 Å². The Morgan fingerprint density at radius 2 is 1.89 bits per heavy atom. The SMILES string of the molecule is Cc1cc(O)c2c(C)c(CC(=O)NC(CO)Cc3ccccc3)c(=O)oc2c1. The monoisotopic (exact) mass is 381 g/mol. The first-order valence-electron chi connectivity index (χ1n) is 9.09. The van der Waals surface area contributed by atoms with Crippen LogP contribution in [0.3, 0.4) is 0 Å². The number of amides is 1. The molecule has 0 aliphatic carbocycles. The van der Waals surface area contributed by atoms with Gasteiger partial charge >= 0.3 is 5.63 Å². The first-order valence-corrected chi connectivity index (χ1v) is 9.09. The summed E-state index contributed by atoms with van der Waals surface area (Å²) in [6.45, 7) is 3.26. The van der Waals surface area contributed by atoms with Crippen LogP contribution in [0.25, 0.3) is 11.0 Å². The van der Waals surface area contributed by atoms with Gasteiger partial charge in [-0.15, -0.1) is 0 Å². The fourth-order valence-electron chi connectivity index (χ4n) is 3.36. The van der Waals surface area contributed by atoms with Crippen molar-refractivity contribution in [3.8, 4) is 5.75 Å². The summed E-state index contributed by atoms with van der Waals surface area (Å²) in [5.74, 6) is -0.383. The molecule has 0 aliphatic rings. The summed E-state index contributed by atoms with van der Waals surface area (Å²) in [4.78, 5) is 24.9. The maximum atomic E-state index is 12.5. The molecular formula is C22H23NO5. The summed E-state index contributed by atoms with van der Waals surface area (Å²) in [6, 6.07) is 12.3. The molecule has 146 valence electrons. The normalized spacial score (nSPS) is 12.1. The van der Waals surface area contributed by atoms with Gasteiger partial charge in [-0.1, -0.05) is 30.3 Å². The Balaban J connectivity index is 1.81. The van der Waals surface area contributed by atoms with Crippen molar-refractivity contribution in [2.24, 2.45) is 0 Å². The number of benzene rings is 2. The van der Waals surface area contributed by atoms with Gasteiger partial charge in [0.2, 0.25) is 5.91 Å². The first-order chi connectivity index (χ1) is 13.4. The number of aliphatic hydroxyl groups is 1. The van der Waals surface area contributed by atoms with Crippen molar-refractivity contribution in [2.45, 2.75) is 32.7 Å². The average Bonchev–Trinajstić information content (AvgIpc) is 2.64. The minimum Gasteiger partial charge on any atom is -0.507 e. The topological polar surface area (TPSA) is 99.8 Å². The van der Waals surface area contributed by atoms with Crippen LogP contribution in [-0.2, 0) is 17.6 Å². The molecule has 0 radical (unpaired) electrons. The molecule has 3 rings (SSSR count). The summed E-state index contributed by atoms with van der Waals surface area (Å²) in [5.41, 5.74) is 2.16. The van der Waals surface area contributed by atoms with Gasteiger partial charge in [0.1, 0.15) is 11.3 Å². The van der Waals surface area contributed by atoms with E-state index in [0.29, 0.717) is 23.0 Å². The predicted molar refractivity (Wildman–Crippen MR) is 106 cm³/mol. The molecule has 0 aliphatic heterocycles. The molecule has 1 amide bonds. The zero-order chi connectivity index (χ0) is 20.3. The fraction of sp³-hybridized carbons (Fsp3) is 0.273. The number of hydrogen-bond donors (Lipinski definition) is 3. The second kappa shape index (κ2) is 8.27. The molecule has 0 saturated heterocycles. The first kappa shape index (κ1) is 19.6. The lowest BCUT2D eigenvalue weighted by atomic mass is 10.0. The number of fused-ring (bicyclic) bond motifs is 1. The van der Waals surface area contributed by atoms with E-state index < -0.39 is 17.6 Å². The van der Waals surface area contributed by atoms with E-state index in [9.17, 15) is 19.8 Å².